The monoisotopic (exact) mass is 398 g/mol. The van der Waals surface area contributed by atoms with Gasteiger partial charge in [0.05, 0.1) is 0 Å². The third-order valence-corrected chi connectivity index (χ3v) is 7.32. The number of amides is 1. The van der Waals surface area contributed by atoms with E-state index >= 15 is 0 Å². The number of nitrogens with zero attached hydrogens (tertiary/aromatic N) is 4. The number of carbonyl (C=O) groups excluding carboxylic acids is 2. The van der Waals surface area contributed by atoms with E-state index in [0.717, 1.165) is 71.5 Å². The number of carbonyl (C=O) groups is 2. The van der Waals surface area contributed by atoms with Gasteiger partial charge in [-0.05, 0) is 69.7 Å². The number of anilines is 1. The van der Waals surface area contributed by atoms with Crippen LogP contribution in [0.4, 0.5) is 5.69 Å². The quantitative estimate of drug-likeness (QED) is 0.763. The number of ketones is 1. The van der Waals surface area contributed by atoms with Crippen molar-refractivity contribution in [1.82, 2.24) is 14.8 Å². The summed E-state index contributed by atoms with van der Waals surface area (Å²) >= 11 is 0. The molecule has 3 aliphatic heterocycles. The molecule has 3 fully saturated rings. The summed E-state index contributed by atoms with van der Waals surface area (Å²) in [4.78, 5) is 35.3. The smallest absolute Gasteiger partial charge is 0.225 e. The molecule has 1 aromatic rings. The molecule has 0 aliphatic carbocycles. The molecule has 6 nitrogen and oxygen atoms in total. The molecule has 0 radical (unpaired) electrons. The fourth-order valence-corrected chi connectivity index (χ4v) is 5.30. The lowest BCUT2D eigenvalue weighted by molar-refractivity contribution is -0.139. The lowest BCUT2D eigenvalue weighted by Crippen LogP contribution is -2.48. The first-order valence-electron chi connectivity index (χ1n) is 11.2. The maximum absolute atomic E-state index is 13.1. The molecule has 4 heterocycles. The number of hydrogen-bond acceptors (Lipinski definition) is 5. The average molecular weight is 399 g/mol. The standard InChI is InChI=1S/C23H34N4O2/c1-19(28)4-12-25-13-5-20(6-14-25)22(29)26-15-7-23(8-16-26)9-17-27(18-23)21-2-10-24-11-3-21/h2-3,10-11,20H,4-9,12-18H2,1H3. The van der Waals surface area contributed by atoms with Crippen molar-refractivity contribution in [3.05, 3.63) is 24.5 Å². The highest BCUT2D eigenvalue weighted by molar-refractivity contribution is 5.79. The lowest BCUT2D eigenvalue weighted by atomic mass is 9.77. The van der Waals surface area contributed by atoms with Gasteiger partial charge in [0.2, 0.25) is 5.91 Å². The van der Waals surface area contributed by atoms with E-state index in [2.05, 4.69) is 31.8 Å². The highest BCUT2D eigenvalue weighted by Gasteiger charge is 2.42. The van der Waals surface area contributed by atoms with Crippen LogP contribution in [0.3, 0.4) is 0 Å². The van der Waals surface area contributed by atoms with E-state index in [-0.39, 0.29) is 11.7 Å². The van der Waals surface area contributed by atoms with Crippen molar-refractivity contribution in [2.45, 2.75) is 45.4 Å². The number of rotatable bonds is 5. The Kier molecular flexibility index (Phi) is 6.18. The molecule has 1 spiro atoms. The predicted octanol–water partition coefficient (Wildman–Crippen LogP) is 2.59. The van der Waals surface area contributed by atoms with Crippen molar-refractivity contribution in [3.63, 3.8) is 0 Å². The van der Waals surface area contributed by atoms with Crippen LogP contribution in [-0.4, -0.2) is 72.3 Å². The second-order valence-electron chi connectivity index (χ2n) is 9.27. The summed E-state index contributed by atoms with van der Waals surface area (Å²) < 4.78 is 0. The molecule has 0 N–H and O–H groups in total. The van der Waals surface area contributed by atoms with E-state index in [4.69, 9.17) is 0 Å². The van der Waals surface area contributed by atoms with Crippen molar-refractivity contribution >= 4 is 17.4 Å². The topological polar surface area (TPSA) is 56.8 Å². The third-order valence-electron chi connectivity index (χ3n) is 7.32. The van der Waals surface area contributed by atoms with Crippen molar-refractivity contribution in [2.75, 3.05) is 50.7 Å². The van der Waals surface area contributed by atoms with Crippen LogP contribution in [-0.2, 0) is 9.59 Å². The molecule has 4 rings (SSSR count). The first kappa shape index (κ1) is 20.3. The normalized spacial score (nSPS) is 22.9. The zero-order valence-corrected chi connectivity index (χ0v) is 17.7. The molecule has 3 aliphatic rings. The fraction of sp³-hybridized carbons (Fsp3) is 0.696. The molecule has 158 valence electrons. The van der Waals surface area contributed by atoms with Crippen molar-refractivity contribution in [1.29, 1.82) is 0 Å². The van der Waals surface area contributed by atoms with Gasteiger partial charge in [0.1, 0.15) is 5.78 Å². The molecular weight excluding hydrogens is 364 g/mol. The van der Waals surface area contributed by atoms with E-state index in [9.17, 15) is 9.59 Å². The second-order valence-corrected chi connectivity index (χ2v) is 9.27. The van der Waals surface area contributed by atoms with Crippen molar-refractivity contribution < 1.29 is 9.59 Å². The maximum atomic E-state index is 13.1. The van der Waals surface area contributed by atoms with Gasteiger partial charge in [0, 0.05) is 63.1 Å². The van der Waals surface area contributed by atoms with Gasteiger partial charge in [-0.25, -0.2) is 0 Å². The molecule has 0 aromatic carbocycles. The van der Waals surface area contributed by atoms with Gasteiger partial charge in [0.15, 0.2) is 0 Å². The largest absolute Gasteiger partial charge is 0.371 e. The Labute approximate surface area is 174 Å². The maximum Gasteiger partial charge on any atom is 0.225 e. The summed E-state index contributed by atoms with van der Waals surface area (Å²) in [5.41, 5.74) is 1.64. The first-order valence-corrected chi connectivity index (χ1v) is 11.2. The van der Waals surface area contributed by atoms with Crippen LogP contribution in [0.5, 0.6) is 0 Å². The number of likely N-dealkylation sites (tertiary alicyclic amines) is 2. The van der Waals surface area contributed by atoms with E-state index in [1.807, 2.05) is 12.4 Å². The van der Waals surface area contributed by atoms with Gasteiger partial charge < -0.3 is 14.7 Å². The predicted molar refractivity (Wildman–Crippen MR) is 114 cm³/mol. The SMILES string of the molecule is CC(=O)CCN1CCC(C(=O)N2CCC3(CC2)CCN(c2ccncc2)C3)CC1. The number of pyridine rings is 1. The Hall–Kier alpha value is -1.95. The molecule has 3 saturated heterocycles. The van der Waals surface area contributed by atoms with Gasteiger partial charge >= 0.3 is 0 Å². The Morgan fingerprint density at radius 2 is 1.69 bits per heavy atom. The van der Waals surface area contributed by atoms with Crippen LogP contribution in [0.15, 0.2) is 24.5 Å². The molecule has 29 heavy (non-hydrogen) atoms. The molecule has 6 heteroatoms. The van der Waals surface area contributed by atoms with Crippen LogP contribution in [0.25, 0.3) is 0 Å². The summed E-state index contributed by atoms with van der Waals surface area (Å²) in [5.74, 6) is 0.796. The van der Waals surface area contributed by atoms with E-state index < -0.39 is 0 Å². The molecule has 0 unspecified atom stereocenters. The summed E-state index contributed by atoms with van der Waals surface area (Å²) in [6.07, 6.45) is 9.72. The van der Waals surface area contributed by atoms with Crippen LogP contribution in [0.2, 0.25) is 0 Å². The highest BCUT2D eigenvalue weighted by Crippen LogP contribution is 2.42. The minimum atomic E-state index is 0.175. The molecule has 0 bridgehead atoms. The molecular formula is C23H34N4O2. The molecule has 1 amide bonds. The van der Waals surface area contributed by atoms with Crippen LogP contribution in [0, 0.1) is 11.3 Å². The number of aromatic nitrogens is 1. The molecule has 1 aromatic heterocycles. The minimum absolute atomic E-state index is 0.175. The summed E-state index contributed by atoms with van der Waals surface area (Å²) in [7, 11) is 0. The van der Waals surface area contributed by atoms with Gasteiger partial charge in [-0.2, -0.15) is 0 Å². The Morgan fingerprint density at radius 3 is 2.34 bits per heavy atom. The van der Waals surface area contributed by atoms with Gasteiger partial charge in [-0.15, -0.1) is 0 Å². The van der Waals surface area contributed by atoms with Gasteiger partial charge in [-0.3, -0.25) is 14.6 Å². The third kappa shape index (κ3) is 4.80. The first-order chi connectivity index (χ1) is 14.0. The lowest BCUT2D eigenvalue weighted by Gasteiger charge is -2.41. The number of piperidine rings is 2. The molecule has 0 saturated carbocycles. The Bertz CT molecular complexity index is 707. The summed E-state index contributed by atoms with van der Waals surface area (Å²) in [6, 6.07) is 4.20. The van der Waals surface area contributed by atoms with Crippen LogP contribution in [0.1, 0.15) is 45.4 Å². The van der Waals surface area contributed by atoms with E-state index in [1.165, 1.54) is 12.1 Å². The fourth-order valence-electron chi connectivity index (χ4n) is 5.30. The number of Topliss-reactive ketones (excluding diaryl/α,β-unsaturated/α-hetero) is 1. The Balaban J connectivity index is 1.24. The van der Waals surface area contributed by atoms with Gasteiger partial charge in [0.25, 0.3) is 0 Å². The highest BCUT2D eigenvalue weighted by atomic mass is 16.2. The average Bonchev–Trinajstić information content (AvgIpc) is 3.17. The second kappa shape index (κ2) is 8.82. The molecule has 0 atom stereocenters. The van der Waals surface area contributed by atoms with Crippen LogP contribution >= 0.6 is 0 Å². The van der Waals surface area contributed by atoms with E-state index in [0.29, 0.717) is 17.7 Å². The van der Waals surface area contributed by atoms with Crippen molar-refractivity contribution in [2.24, 2.45) is 11.3 Å². The zero-order chi connectivity index (χ0) is 20.3. The summed E-state index contributed by atoms with van der Waals surface area (Å²) in [6.45, 7) is 8.42. The Morgan fingerprint density at radius 1 is 1.03 bits per heavy atom. The van der Waals surface area contributed by atoms with E-state index in [1.54, 1.807) is 6.92 Å². The minimum Gasteiger partial charge on any atom is -0.371 e. The summed E-state index contributed by atoms with van der Waals surface area (Å²) in [5, 5.41) is 0. The van der Waals surface area contributed by atoms with Gasteiger partial charge in [-0.1, -0.05) is 0 Å². The van der Waals surface area contributed by atoms with Crippen molar-refractivity contribution in [3.8, 4) is 0 Å². The van der Waals surface area contributed by atoms with Crippen LogP contribution < -0.4 is 4.90 Å². The zero-order valence-electron chi connectivity index (χ0n) is 17.7. The number of hydrogen-bond donors (Lipinski definition) is 0.